The van der Waals surface area contributed by atoms with Crippen LogP contribution in [-0.2, 0) is 9.46 Å². The highest BCUT2D eigenvalue weighted by molar-refractivity contribution is 5.97. The van der Waals surface area contributed by atoms with Gasteiger partial charge in [-0.15, -0.1) is 0 Å². The average Bonchev–Trinajstić information content (AvgIpc) is 2.17. The van der Waals surface area contributed by atoms with Gasteiger partial charge >= 0.3 is 0 Å². The second kappa shape index (κ2) is 6.49. The fraction of sp³-hybridized carbons (Fsp3) is 1.00. The van der Waals surface area contributed by atoms with Gasteiger partial charge in [0, 0.05) is 0 Å². The molecule has 0 aromatic rings. The standard InChI is InChI=1S/C17H38O2Si/c1-11-12-13(14(2,3)4)17(18-19-20,15(5,6)7)16(8,9)10/h13H,11-12H2,1-10,20H3. The fourth-order valence-electron chi connectivity index (χ4n) is 4.14. The molecule has 0 aliphatic carbocycles. The van der Waals surface area contributed by atoms with E-state index in [2.05, 4.69) is 69.2 Å². The minimum absolute atomic E-state index is 0.00275. The molecule has 2 nitrogen and oxygen atoms in total. The summed E-state index contributed by atoms with van der Waals surface area (Å²) in [7, 11) is 0.602. The van der Waals surface area contributed by atoms with Gasteiger partial charge in [-0.2, -0.15) is 0 Å². The van der Waals surface area contributed by atoms with Gasteiger partial charge in [-0.05, 0) is 28.6 Å². The Hall–Kier alpha value is 0.137. The molecule has 0 saturated heterocycles. The molecule has 0 bridgehead atoms. The molecule has 0 fully saturated rings. The van der Waals surface area contributed by atoms with Crippen LogP contribution in [0, 0.1) is 22.2 Å². The topological polar surface area (TPSA) is 18.5 Å². The first-order valence-corrected chi connectivity index (χ1v) is 8.79. The summed E-state index contributed by atoms with van der Waals surface area (Å²) < 4.78 is 5.42. The molecule has 0 heterocycles. The van der Waals surface area contributed by atoms with Crippen molar-refractivity contribution >= 4 is 10.5 Å². The van der Waals surface area contributed by atoms with Gasteiger partial charge in [0.15, 0.2) is 10.5 Å². The van der Waals surface area contributed by atoms with E-state index in [1.54, 1.807) is 0 Å². The lowest BCUT2D eigenvalue weighted by molar-refractivity contribution is -0.378. The van der Waals surface area contributed by atoms with Crippen LogP contribution in [0.5, 0.6) is 0 Å². The Morgan fingerprint density at radius 2 is 1.25 bits per heavy atom. The van der Waals surface area contributed by atoms with E-state index in [4.69, 9.17) is 9.46 Å². The average molecular weight is 303 g/mol. The first-order chi connectivity index (χ1) is 8.75. The van der Waals surface area contributed by atoms with Crippen molar-refractivity contribution in [2.45, 2.75) is 87.7 Å². The highest BCUT2D eigenvalue weighted by Crippen LogP contribution is 2.57. The van der Waals surface area contributed by atoms with Gasteiger partial charge in [-0.1, -0.05) is 75.7 Å². The summed E-state index contributed by atoms with van der Waals surface area (Å²) in [5, 5.41) is 0. The zero-order valence-corrected chi connectivity index (χ0v) is 17.8. The monoisotopic (exact) mass is 302 g/mol. The maximum absolute atomic E-state index is 6.16. The van der Waals surface area contributed by atoms with Crippen LogP contribution in [0.15, 0.2) is 0 Å². The van der Waals surface area contributed by atoms with Gasteiger partial charge in [-0.25, -0.2) is 4.89 Å². The Morgan fingerprint density at radius 1 is 0.850 bits per heavy atom. The Kier molecular flexibility index (Phi) is 6.54. The molecular weight excluding hydrogens is 264 g/mol. The third kappa shape index (κ3) is 3.86. The first kappa shape index (κ1) is 20.1. The molecule has 0 spiro atoms. The van der Waals surface area contributed by atoms with Gasteiger partial charge in [0.05, 0.1) is 0 Å². The van der Waals surface area contributed by atoms with Crippen LogP contribution in [0.3, 0.4) is 0 Å². The van der Waals surface area contributed by atoms with Gasteiger partial charge in [-0.3, -0.25) is 4.58 Å². The van der Waals surface area contributed by atoms with Gasteiger partial charge < -0.3 is 0 Å². The molecule has 0 N–H and O–H groups in total. The molecule has 20 heavy (non-hydrogen) atoms. The largest absolute Gasteiger partial charge is 0.298 e. The summed E-state index contributed by atoms with van der Waals surface area (Å²) in [6.07, 6.45) is 2.32. The minimum atomic E-state index is -0.310. The van der Waals surface area contributed by atoms with Gasteiger partial charge in [0.25, 0.3) is 0 Å². The van der Waals surface area contributed by atoms with Crippen LogP contribution in [0.1, 0.15) is 82.1 Å². The van der Waals surface area contributed by atoms with E-state index in [0.717, 1.165) is 6.42 Å². The highest BCUT2D eigenvalue weighted by atomic mass is 28.2. The summed E-state index contributed by atoms with van der Waals surface area (Å²) >= 11 is 0. The minimum Gasteiger partial charge on any atom is -0.298 e. The fourth-order valence-corrected chi connectivity index (χ4v) is 4.41. The molecule has 0 aromatic carbocycles. The SMILES string of the molecule is CCCC(C(C)(C)C)C(OO[SiH3])(C(C)(C)C)C(C)(C)C. The Balaban J connectivity index is 6.19. The number of hydrogen-bond donors (Lipinski definition) is 0. The molecule has 0 radical (unpaired) electrons. The first-order valence-electron chi connectivity index (χ1n) is 7.97. The number of rotatable bonds is 5. The molecule has 0 aliphatic rings. The Bertz CT molecular complexity index is 278. The van der Waals surface area contributed by atoms with Crippen molar-refractivity contribution in [3.05, 3.63) is 0 Å². The lowest BCUT2D eigenvalue weighted by Crippen LogP contribution is -2.62. The summed E-state index contributed by atoms with van der Waals surface area (Å²) in [4.78, 5) is 6.16. The van der Waals surface area contributed by atoms with Crippen LogP contribution in [0.2, 0.25) is 0 Å². The van der Waals surface area contributed by atoms with Crippen molar-refractivity contribution in [3.8, 4) is 0 Å². The molecule has 0 aliphatic heterocycles. The third-order valence-corrected chi connectivity index (χ3v) is 4.72. The summed E-state index contributed by atoms with van der Waals surface area (Å²) in [6, 6.07) is 0. The molecule has 1 unspecified atom stereocenters. The Labute approximate surface area is 130 Å². The second-order valence-electron chi connectivity index (χ2n) is 9.19. The van der Waals surface area contributed by atoms with Crippen molar-refractivity contribution in [2.24, 2.45) is 22.2 Å². The summed E-state index contributed by atoms with van der Waals surface area (Å²) in [5.41, 5.74) is -0.127. The normalized spacial score (nSPS) is 16.5. The maximum Gasteiger partial charge on any atom is 0.193 e. The number of hydrogen-bond acceptors (Lipinski definition) is 2. The predicted octanol–water partition coefficient (Wildman–Crippen LogP) is 4.51. The van der Waals surface area contributed by atoms with E-state index in [-0.39, 0.29) is 21.8 Å². The van der Waals surface area contributed by atoms with Crippen LogP contribution in [0.25, 0.3) is 0 Å². The molecule has 0 amide bonds. The molecular formula is C17H38O2Si. The zero-order chi connectivity index (χ0) is 16.4. The van der Waals surface area contributed by atoms with Crippen molar-refractivity contribution in [1.29, 1.82) is 0 Å². The highest BCUT2D eigenvalue weighted by Gasteiger charge is 2.60. The summed E-state index contributed by atoms with van der Waals surface area (Å²) in [6.45, 7) is 23.0. The lowest BCUT2D eigenvalue weighted by atomic mass is 9.51. The quantitative estimate of drug-likeness (QED) is 0.423. The van der Waals surface area contributed by atoms with E-state index in [1.807, 2.05) is 0 Å². The molecule has 0 saturated carbocycles. The van der Waals surface area contributed by atoms with Crippen molar-refractivity contribution in [2.75, 3.05) is 0 Å². The smallest absolute Gasteiger partial charge is 0.193 e. The van der Waals surface area contributed by atoms with E-state index in [0.29, 0.717) is 16.4 Å². The van der Waals surface area contributed by atoms with E-state index in [9.17, 15) is 0 Å². The van der Waals surface area contributed by atoms with Crippen molar-refractivity contribution < 1.29 is 9.46 Å². The van der Waals surface area contributed by atoms with Crippen LogP contribution in [0.4, 0.5) is 0 Å². The lowest BCUT2D eigenvalue weighted by Gasteiger charge is -2.59. The molecule has 3 heteroatoms. The predicted molar refractivity (Wildman–Crippen MR) is 91.6 cm³/mol. The van der Waals surface area contributed by atoms with Crippen LogP contribution >= 0.6 is 0 Å². The zero-order valence-electron chi connectivity index (χ0n) is 15.8. The van der Waals surface area contributed by atoms with E-state index in [1.165, 1.54) is 6.42 Å². The van der Waals surface area contributed by atoms with Crippen molar-refractivity contribution in [3.63, 3.8) is 0 Å². The second-order valence-corrected chi connectivity index (χ2v) is 9.53. The molecule has 1 atom stereocenters. The Morgan fingerprint density at radius 3 is 1.45 bits per heavy atom. The van der Waals surface area contributed by atoms with Crippen LogP contribution in [-0.4, -0.2) is 16.1 Å². The van der Waals surface area contributed by atoms with E-state index >= 15 is 0 Å². The van der Waals surface area contributed by atoms with Crippen molar-refractivity contribution in [1.82, 2.24) is 0 Å². The van der Waals surface area contributed by atoms with Gasteiger partial charge in [0.2, 0.25) is 0 Å². The van der Waals surface area contributed by atoms with Crippen LogP contribution < -0.4 is 0 Å². The van der Waals surface area contributed by atoms with E-state index < -0.39 is 0 Å². The maximum atomic E-state index is 6.16. The third-order valence-electron chi connectivity index (χ3n) is 4.56. The molecule has 0 aromatic heterocycles. The van der Waals surface area contributed by atoms with Gasteiger partial charge in [0.1, 0.15) is 5.60 Å². The molecule has 0 rings (SSSR count). The summed E-state index contributed by atoms with van der Waals surface area (Å²) in [5.74, 6) is 0.439. The molecule has 122 valence electrons.